The zero-order valence-electron chi connectivity index (χ0n) is 15.5. The number of aryl methyl sites for hydroxylation is 1. The van der Waals surface area contributed by atoms with Crippen LogP contribution in [0.15, 0.2) is 65.5 Å². The Labute approximate surface area is 165 Å². The number of fused-ring (bicyclic) bond motifs is 1. The quantitative estimate of drug-likeness (QED) is 0.545. The molecule has 142 valence electrons. The van der Waals surface area contributed by atoms with Crippen LogP contribution in [0.2, 0.25) is 0 Å². The summed E-state index contributed by atoms with van der Waals surface area (Å²) in [6.45, 7) is 1.86. The second-order valence-electron chi connectivity index (χ2n) is 6.55. The van der Waals surface area contributed by atoms with Crippen molar-refractivity contribution in [1.82, 2.24) is 14.6 Å². The van der Waals surface area contributed by atoms with Gasteiger partial charge in [-0.1, -0.05) is 42.5 Å². The number of ether oxygens (including phenoxy) is 1. The molecule has 0 radical (unpaired) electrons. The van der Waals surface area contributed by atoms with E-state index in [1.165, 1.54) is 16.6 Å². The minimum absolute atomic E-state index is 0.0146. The van der Waals surface area contributed by atoms with Crippen molar-refractivity contribution in [3.05, 3.63) is 93.4 Å². The van der Waals surface area contributed by atoms with Gasteiger partial charge in [0, 0.05) is 17.7 Å². The molecule has 0 saturated heterocycles. The van der Waals surface area contributed by atoms with Crippen molar-refractivity contribution in [3.8, 4) is 17.3 Å². The van der Waals surface area contributed by atoms with Crippen LogP contribution in [-0.2, 0) is 11.3 Å². The highest BCUT2D eigenvalue weighted by Gasteiger charge is 2.14. The number of benzene rings is 2. The number of hydrogen-bond acceptors (Lipinski definition) is 5. The molecule has 2 heterocycles. The third-order valence-corrected chi connectivity index (χ3v) is 4.53. The molecule has 0 bridgehead atoms. The number of aromatic nitrogens is 3. The summed E-state index contributed by atoms with van der Waals surface area (Å²) < 4.78 is 6.51. The third-order valence-electron chi connectivity index (χ3n) is 4.53. The van der Waals surface area contributed by atoms with Gasteiger partial charge in [-0.05, 0) is 24.1 Å². The van der Waals surface area contributed by atoms with Crippen molar-refractivity contribution in [1.29, 1.82) is 5.26 Å². The number of hydrogen-bond donors (Lipinski definition) is 1. The molecule has 0 aliphatic carbocycles. The van der Waals surface area contributed by atoms with E-state index in [0.717, 1.165) is 11.1 Å². The summed E-state index contributed by atoms with van der Waals surface area (Å²) in [4.78, 5) is 29.3. The molecule has 7 heteroatoms. The van der Waals surface area contributed by atoms with E-state index in [0.29, 0.717) is 22.5 Å². The van der Waals surface area contributed by atoms with Gasteiger partial charge >= 0.3 is 5.97 Å². The Morgan fingerprint density at radius 3 is 2.72 bits per heavy atom. The number of nitriles is 1. The number of nitrogens with one attached hydrogen (secondary N) is 1. The van der Waals surface area contributed by atoms with Crippen molar-refractivity contribution in [2.45, 2.75) is 13.5 Å². The Morgan fingerprint density at radius 1 is 1.17 bits per heavy atom. The summed E-state index contributed by atoms with van der Waals surface area (Å²) in [6.07, 6.45) is 0. The number of H-pyrrole nitrogens is 1. The number of aromatic amines is 1. The molecule has 7 nitrogen and oxygen atoms in total. The SMILES string of the molecule is Cc1ccc(COC(=O)c2cc3nc(-c4ccccc4)cc(=O)n3[nH]2)cc1C#N. The van der Waals surface area contributed by atoms with Crippen molar-refractivity contribution in [3.63, 3.8) is 0 Å². The van der Waals surface area contributed by atoms with E-state index in [4.69, 9.17) is 10.00 Å². The zero-order chi connectivity index (χ0) is 20.4. The Kier molecular flexibility index (Phi) is 4.67. The lowest BCUT2D eigenvalue weighted by atomic mass is 10.1. The van der Waals surface area contributed by atoms with Crippen molar-refractivity contribution in [2.75, 3.05) is 0 Å². The molecule has 4 rings (SSSR count). The lowest BCUT2D eigenvalue weighted by Gasteiger charge is -2.05. The third kappa shape index (κ3) is 3.64. The monoisotopic (exact) mass is 384 g/mol. The molecule has 0 unspecified atom stereocenters. The number of rotatable bonds is 4. The van der Waals surface area contributed by atoms with Gasteiger partial charge in [0.1, 0.15) is 12.3 Å². The van der Waals surface area contributed by atoms with Crippen LogP contribution in [0.3, 0.4) is 0 Å². The van der Waals surface area contributed by atoms with E-state index in [2.05, 4.69) is 16.2 Å². The summed E-state index contributed by atoms with van der Waals surface area (Å²) in [5.74, 6) is -0.616. The highest BCUT2D eigenvalue weighted by atomic mass is 16.5. The van der Waals surface area contributed by atoms with Crippen molar-refractivity contribution < 1.29 is 9.53 Å². The highest BCUT2D eigenvalue weighted by molar-refractivity contribution is 5.88. The summed E-state index contributed by atoms with van der Waals surface area (Å²) in [5, 5.41) is 11.8. The molecule has 29 heavy (non-hydrogen) atoms. The van der Waals surface area contributed by atoms with Crippen LogP contribution in [-0.4, -0.2) is 20.6 Å². The van der Waals surface area contributed by atoms with Gasteiger partial charge in [0.05, 0.1) is 17.3 Å². The fourth-order valence-corrected chi connectivity index (χ4v) is 2.96. The Bertz CT molecular complexity index is 1310. The lowest BCUT2D eigenvalue weighted by Crippen LogP contribution is -2.15. The molecule has 2 aromatic heterocycles. The first-order chi connectivity index (χ1) is 14.0. The molecule has 0 aliphatic heterocycles. The normalized spacial score (nSPS) is 10.6. The van der Waals surface area contributed by atoms with Gasteiger partial charge in [-0.2, -0.15) is 5.26 Å². The molecular formula is C22H16N4O3. The second-order valence-corrected chi connectivity index (χ2v) is 6.55. The predicted molar refractivity (Wildman–Crippen MR) is 106 cm³/mol. The van der Waals surface area contributed by atoms with Crippen molar-refractivity contribution in [2.24, 2.45) is 0 Å². The van der Waals surface area contributed by atoms with Gasteiger partial charge < -0.3 is 4.74 Å². The number of carbonyl (C=O) groups is 1. The minimum atomic E-state index is -0.616. The summed E-state index contributed by atoms with van der Waals surface area (Å²) in [7, 11) is 0. The van der Waals surface area contributed by atoms with Gasteiger partial charge in [-0.3, -0.25) is 9.89 Å². The van der Waals surface area contributed by atoms with Gasteiger partial charge in [-0.15, -0.1) is 0 Å². The largest absolute Gasteiger partial charge is 0.456 e. The number of nitrogens with zero attached hydrogens (tertiary/aromatic N) is 3. The van der Waals surface area contributed by atoms with E-state index >= 15 is 0 Å². The topological polar surface area (TPSA) is 100 Å². The van der Waals surface area contributed by atoms with Crippen LogP contribution in [0.1, 0.15) is 27.2 Å². The Hall–Kier alpha value is -4.18. The average Bonchev–Trinajstić information content (AvgIpc) is 3.18. The number of esters is 1. The van der Waals surface area contributed by atoms with Crippen LogP contribution in [0.25, 0.3) is 16.9 Å². The molecule has 0 fully saturated rings. The van der Waals surface area contributed by atoms with Crippen molar-refractivity contribution >= 4 is 11.6 Å². The first-order valence-corrected chi connectivity index (χ1v) is 8.90. The lowest BCUT2D eigenvalue weighted by molar-refractivity contribution is 0.0465. The van der Waals surface area contributed by atoms with Crippen LogP contribution in [0, 0.1) is 18.3 Å². The summed E-state index contributed by atoms with van der Waals surface area (Å²) in [6, 6.07) is 19.6. The predicted octanol–water partition coefficient (Wildman–Crippen LogP) is 3.23. The summed E-state index contributed by atoms with van der Waals surface area (Å²) in [5.41, 5.74) is 3.55. The van der Waals surface area contributed by atoms with Gasteiger partial charge in [0.2, 0.25) is 0 Å². The van der Waals surface area contributed by atoms with Crippen LogP contribution >= 0.6 is 0 Å². The smallest absolute Gasteiger partial charge is 0.356 e. The Balaban J connectivity index is 1.58. The molecule has 0 saturated carbocycles. The van der Waals surface area contributed by atoms with Crippen LogP contribution < -0.4 is 5.56 Å². The molecular weight excluding hydrogens is 368 g/mol. The van der Waals surface area contributed by atoms with Crippen LogP contribution in [0.4, 0.5) is 0 Å². The van der Waals surface area contributed by atoms with Gasteiger partial charge in [0.25, 0.3) is 5.56 Å². The average molecular weight is 384 g/mol. The standard InChI is InChI=1S/C22H16N4O3/c1-14-7-8-15(9-17(14)12-23)13-29-22(28)19-10-20-24-18(11-21(27)26(20)25-19)16-5-3-2-4-6-16/h2-11,25H,13H2,1H3. The van der Waals surface area contributed by atoms with Gasteiger partial charge in [0.15, 0.2) is 5.65 Å². The maximum atomic E-state index is 12.4. The van der Waals surface area contributed by atoms with E-state index < -0.39 is 5.97 Å². The fraction of sp³-hybridized carbons (Fsp3) is 0.0909. The molecule has 1 N–H and O–H groups in total. The van der Waals surface area contributed by atoms with E-state index in [-0.39, 0.29) is 17.9 Å². The zero-order valence-corrected chi connectivity index (χ0v) is 15.5. The maximum absolute atomic E-state index is 12.4. The molecule has 4 aromatic rings. The maximum Gasteiger partial charge on any atom is 0.356 e. The fourth-order valence-electron chi connectivity index (χ4n) is 2.96. The molecule has 0 atom stereocenters. The van der Waals surface area contributed by atoms with E-state index in [9.17, 15) is 9.59 Å². The molecule has 0 aliphatic rings. The highest BCUT2D eigenvalue weighted by Crippen LogP contribution is 2.16. The molecule has 0 amide bonds. The first-order valence-electron chi connectivity index (χ1n) is 8.90. The first kappa shape index (κ1) is 18.2. The molecule has 2 aromatic carbocycles. The van der Waals surface area contributed by atoms with E-state index in [1.54, 1.807) is 18.2 Å². The number of carbonyl (C=O) groups excluding carboxylic acids is 1. The van der Waals surface area contributed by atoms with E-state index in [1.807, 2.05) is 37.3 Å². The molecule has 0 spiro atoms. The second kappa shape index (κ2) is 7.44. The summed E-state index contributed by atoms with van der Waals surface area (Å²) >= 11 is 0. The minimum Gasteiger partial charge on any atom is -0.456 e. The van der Waals surface area contributed by atoms with Crippen LogP contribution in [0.5, 0.6) is 0 Å². The Morgan fingerprint density at radius 2 is 1.97 bits per heavy atom. The van der Waals surface area contributed by atoms with Gasteiger partial charge in [-0.25, -0.2) is 14.3 Å².